The minimum absolute atomic E-state index is 0.0575. The Hall–Kier alpha value is -1.22. The van der Waals surface area contributed by atoms with Crippen molar-refractivity contribution in [1.29, 1.82) is 0 Å². The maximum absolute atomic E-state index is 5.55. The van der Waals surface area contributed by atoms with Crippen LogP contribution in [-0.4, -0.2) is 19.8 Å². The molecule has 0 fully saturated rings. The highest BCUT2D eigenvalue weighted by Crippen LogP contribution is 2.16. The first-order chi connectivity index (χ1) is 6.22. The van der Waals surface area contributed by atoms with Crippen LogP contribution in [0.5, 0.6) is 11.5 Å². The van der Waals surface area contributed by atoms with Gasteiger partial charge in [0.25, 0.3) is 0 Å². The lowest BCUT2D eigenvalue weighted by Gasteiger charge is -2.08. The van der Waals surface area contributed by atoms with Gasteiger partial charge in [-0.25, -0.2) is 0 Å². The highest BCUT2D eigenvalue weighted by atomic mass is 16.5. The Bertz CT molecular complexity index is 244. The Labute approximate surface area is 78.5 Å². The van der Waals surface area contributed by atoms with Gasteiger partial charge in [0.05, 0.1) is 7.11 Å². The molecular weight excluding hydrogens is 166 g/mol. The molecule has 0 aliphatic rings. The summed E-state index contributed by atoms with van der Waals surface area (Å²) in [5, 5.41) is 0. The van der Waals surface area contributed by atoms with Crippen molar-refractivity contribution in [2.45, 2.75) is 13.0 Å². The van der Waals surface area contributed by atoms with E-state index >= 15 is 0 Å². The van der Waals surface area contributed by atoms with Gasteiger partial charge in [-0.1, -0.05) is 0 Å². The van der Waals surface area contributed by atoms with Crippen molar-refractivity contribution in [3.8, 4) is 11.5 Å². The predicted octanol–water partition coefficient (Wildman–Crippen LogP) is 1.42. The molecule has 0 spiro atoms. The molecule has 1 rings (SSSR count). The molecule has 0 aromatic heterocycles. The van der Waals surface area contributed by atoms with Crippen LogP contribution < -0.4 is 15.2 Å². The number of rotatable bonds is 4. The molecule has 0 saturated carbocycles. The van der Waals surface area contributed by atoms with Crippen molar-refractivity contribution >= 4 is 0 Å². The molecule has 0 heterocycles. The first-order valence-electron chi connectivity index (χ1n) is 4.25. The van der Waals surface area contributed by atoms with E-state index in [9.17, 15) is 0 Å². The van der Waals surface area contributed by atoms with E-state index in [-0.39, 0.29) is 6.04 Å². The van der Waals surface area contributed by atoms with Crippen molar-refractivity contribution < 1.29 is 9.47 Å². The Balaban J connectivity index is 2.49. The fourth-order valence-corrected chi connectivity index (χ4v) is 0.900. The van der Waals surface area contributed by atoms with E-state index in [0.29, 0.717) is 6.61 Å². The zero-order chi connectivity index (χ0) is 9.68. The second-order valence-electron chi connectivity index (χ2n) is 2.96. The monoisotopic (exact) mass is 181 g/mol. The second kappa shape index (κ2) is 4.72. The largest absolute Gasteiger partial charge is 0.497 e. The van der Waals surface area contributed by atoms with E-state index in [2.05, 4.69) is 0 Å². The molecule has 3 heteroatoms. The van der Waals surface area contributed by atoms with Crippen molar-refractivity contribution in [1.82, 2.24) is 0 Å². The summed E-state index contributed by atoms with van der Waals surface area (Å²) in [6.45, 7) is 2.44. The summed E-state index contributed by atoms with van der Waals surface area (Å²) in [7, 11) is 1.64. The fraction of sp³-hybridized carbons (Fsp3) is 0.400. The van der Waals surface area contributed by atoms with Gasteiger partial charge in [0.1, 0.15) is 18.1 Å². The maximum atomic E-state index is 5.55. The SMILES string of the molecule is COc1ccc(OC[C@@H](C)N)cc1. The van der Waals surface area contributed by atoms with Crippen LogP contribution in [0.25, 0.3) is 0 Å². The Morgan fingerprint density at radius 2 is 1.77 bits per heavy atom. The van der Waals surface area contributed by atoms with Crippen molar-refractivity contribution in [3.63, 3.8) is 0 Å². The molecule has 2 N–H and O–H groups in total. The Kier molecular flexibility index (Phi) is 3.58. The average Bonchev–Trinajstić information content (AvgIpc) is 2.15. The van der Waals surface area contributed by atoms with Crippen LogP contribution in [0, 0.1) is 0 Å². The van der Waals surface area contributed by atoms with Crippen molar-refractivity contribution in [2.75, 3.05) is 13.7 Å². The molecule has 3 nitrogen and oxygen atoms in total. The summed E-state index contributed by atoms with van der Waals surface area (Å²) < 4.78 is 10.4. The van der Waals surface area contributed by atoms with Gasteiger partial charge >= 0.3 is 0 Å². The minimum atomic E-state index is 0.0575. The number of hydrogen-bond acceptors (Lipinski definition) is 3. The van der Waals surface area contributed by atoms with E-state index < -0.39 is 0 Å². The fourth-order valence-electron chi connectivity index (χ4n) is 0.900. The quantitative estimate of drug-likeness (QED) is 0.764. The third-order valence-electron chi connectivity index (χ3n) is 1.57. The lowest BCUT2D eigenvalue weighted by atomic mass is 10.3. The lowest BCUT2D eigenvalue weighted by Crippen LogP contribution is -2.23. The first-order valence-corrected chi connectivity index (χ1v) is 4.25. The van der Waals surface area contributed by atoms with Crippen LogP contribution >= 0.6 is 0 Å². The number of ether oxygens (including phenoxy) is 2. The molecule has 0 aliphatic heterocycles. The van der Waals surface area contributed by atoms with E-state index in [0.717, 1.165) is 11.5 Å². The van der Waals surface area contributed by atoms with E-state index in [4.69, 9.17) is 15.2 Å². The predicted molar refractivity (Wildman–Crippen MR) is 52.1 cm³/mol. The van der Waals surface area contributed by atoms with Crippen LogP contribution in [0.3, 0.4) is 0 Å². The molecule has 72 valence electrons. The summed E-state index contributed by atoms with van der Waals surface area (Å²) in [4.78, 5) is 0. The zero-order valence-electron chi connectivity index (χ0n) is 7.99. The summed E-state index contributed by atoms with van der Waals surface area (Å²) >= 11 is 0. The molecule has 13 heavy (non-hydrogen) atoms. The highest BCUT2D eigenvalue weighted by molar-refractivity contribution is 5.31. The molecule has 1 atom stereocenters. The molecule has 0 saturated heterocycles. The molecule has 1 aromatic rings. The average molecular weight is 181 g/mol. The minimum Gasteiger partial charge on any atom is -0.497 e. The van der Waals surface area contributed by atoms with Gasteiger partial charge in [-0.2, -0.15) is 0 Å². The standard InChI is InChI=1S/C10H15NO2/c1-8(11)7-13-10-5-3-9(12-2)4-6-10/h3-6,8H,7,11H2,1-2H3/t8-/m1/s1. The van der Waals surface area contributed by atoms with Crippen LogP contribution in [0.1, 0.15) is 6.92 Å². The van der Waals surface area contributed by atoms with Crippen LogP contribution in [0.4, 0.5) is 0 Å². The number of nitrogens with two attached hydrogens (primary N) is 1. The topological polar surface area (TPSA) is 44.5 Å². The Morgan fingerprint density at radius 3 is 2.23 bits per heavy atom. The Morgan fingerprint density at radius 1 is 1.23 bits per heavy atom. The molecule has 0 radical (unpaired) electrons. The zero-order valence-corrected chi connectivity index (χ0v) is 7.99. The molecule has 0 amide bonds. The van der Waals surface area contributed by atoms with Gasteiger partial charge in [-0.05, 0) is 31.2 Å². The summed E-state index contributed by atoms with van der Waals surface area (Å²) in [5.41, 5.74) is 5.55. The second-order valence-corrected chi connectivity index (χ2v) is 2.96. The normalized spacial score (nSPS) is 12.2. The van der Waals surface area contributed by atoms with Gasteiger partial charge in [0.2, 0.25) is 0 Å². The third-order valence-corrected chi connectivity index (χ3v) is 1.57. The molecule has 0 bridgehead atoms. The summed E-state index contributed by atoms with van der Waals surface area (Å²) in [5.74, 6) is 1.64. The van der Waals surface area contributed by atoms with Crippen LogP contribution in [0.2, 0.25) is 0 Å². The van der Waals surface area contributed by atoms with Crippen molar-refractivity contribution in [3.05, 3.63) is 24.3 Å². The maximum Gasteiger partial charge on any atom is 0.119 e. The lowest BCUT2D eigenvalue weighted by molar-refractivity contribution is 0.295. The molecular formula is C10H15NO2. The van der Waals surface area contributed by atoms with Crippen molar-refractivity contribution in [2.24, 2.45) is 5.73 Å². The number of methoxy groups -OCH3 is 1. The van der Waals surface area contributed by atoms with Gasteiger partial charge in [0, 0.05) is 6.04 Å². The summed E-state index contributed by atoms with van der Waals surface area (Å²) in [6.07, 6.45) is 0. The van der Waals surface area contributed by atoms with Crippen LogP contribution in [0.15, 0.2) is 24.3 Å². The third kappa shape index (κ3) is 3.34. The van der Waals surface area contributed by atoms with Crippen LogP contribution in [-0.2, 0) is 0 Å². The smallest absolute Gasteiger partial charge is 0.119 e. The molecule has 1 aromatic carbocycles. The van der Waals surface area contributed by atoms with E-state index in [1.54, 1.807) is 7.11 Å². The number of benzene rings is 1. The van der Waals surface area contributed by atoms with Gasteiger partial charge < -0.3 is 15.2 Å². The highest BCUT2D eigenvalue weighted by Gasteiger charge is 1.97. The molecule has 0 unspecified atom stereocenters. The first kappa shape index (κ1) is 9.86. The summed E-state index contributed by atoms with van der Waals surface area (Å²) in [6, 6.07) is 7.50. The van der Waals surface area contributed by atoms with E-state index in [1.807, 2.05) is 31.2 Å². The number of hydrogen-bond donors (Lipinski definition) is 1. The molecule has 0 aliphatic carbocycles. The van der Waals surface area contributed by atoms with Gasteiger partial charge in [-0.15, -0.1) is 0 Å². The van der Waals surface area contributed by atoms with Gasteiger partial charge in [-0.3, -0.25) is 0 Å². The van der Waals surface area contributed by atoms with E-state index in [1.165, 1.54) is 0 Å². The van der Waals surface area contributed by atoms with Gasteiger partial charge in [0.15, 0.2) is 0 Å².